The summed E-state index contributed by atoms with van der Waals surface area (Å²) in [6, 6.07) is 5.21. The van der Waals surface area contributed by atoms with Gasteiger partial charge in [-0.05, 0) is 56.7 Å². The molecular weight excluding hydrogens is 321 g/mol. The van der Waals surface area contributed by atoms with E-state index >= 15 is 0 Å². The number of ether oxygens (including phenoxy) is 2. The number of alkyl halides is 3. The van der Waals surface area contributed by atoms with Gasteiger partial charge in [0.1, 0.15) is 0 Å². The molecule has 3 nitrogen and oxygen atoms in total. The van der Waals surface area contributed by atoms with E-state index in [1.165, 1.54) is 12.1 Å². The van der Waals surface area contributed by atoms with Gasteiger partial charge in [-0.25, -0.2) is 0 Å². The zero-order valence-electron chi connectivity index (χ0n) is 13.8. The van der Waals surface area contributed by atoms with Crippen molar-refractivity contribution >= 4 is 5.97 Å². The van der Waals surface area contributed by atoms with Crippen molar-refractivity contribution in [2.45, 2.75) is 45.2 Å². The van der Waals surface area contributed by atoms with Crippen LogP contribution < -0.4 is 0 Å². The zero-order chi connectivity index (χ0) is 17.6. The fourth-order valence-corrected chi connectivity index (χ4v) is 3.09. The number of carbonyl (C=O) groups is 1. The molecule has 6 heteroatoms. The van der Waals surface area contributed by atoms with E-state index in [4.69, 9.17) is 9.47 Å². The first kappa shape index (κ1) is 18.8. The van der Waals surface area contributed by atoms with E-state index in [-0.39, 0.29) is 5.97 Å². The van der Waals surface area contributed by atoms with Gasteiger partial charge in [-0.3, -0.25) is 4.79 Å². The Kier molecular flexibility index (Phi) is 6.27. The number of esters is 1. The first-order valence-electron chi connectivity index (χ1n) is 8.28. The number of halogens is 3. The van der Waals surface area contributed by atoms with E-state index < -0.39 is 17.2 Å². The summed E-state index contributed by atoms with van der Waals surface area (Å²) >= 11 is 0. The second-order valence-electron chi connectivity index (χ2n) is 6.16. The normalized spacial score (nSPS) is 17.5. The van der Waals surface area contributed by atoms with E-state index in [1.54, 1.807) is 6.92 Å². The zero-order valence-corrected chi connectivity index (χ0v) is 13.8. The van der Waals surface area contributed by atoms with Gasteiger partial charge in [-0.2, -0.15) is 13.2 Å². The van der Waals surface area contributed by atoms with Crippen LogP contribution in [0, 0.1) is 5.41 Å². The van der Waals surface area contributed by atoms with Crippen molar-refractivity contribution in [3.05, 3.63) is 35.4 Å². The van der Waals surface area contributed by atoms with E-state index in [0.717, 1.165) is 24.1 Å². The molecular formula is C18H23F3O3. The molecule has 24 heavy (non-hydrogen) atoms. The summed E-state index contributed by atoms with van der Waals surface area (Å²) in [6.07, 6.45) is -1.01. The van der Waals surface area contributed by atoms with Gasteiger partial charge in [0.05, 0.1) is 17.6 Å². The summed E-state index contributed by atoms with van der Waals surface area (Å²) < 4.78 is 48.3. The van der Waals surface area contributed by atoms with Crippen LogP contribution in [0.1, 0.15) is 43.7 Å². The van der Waals surface area contributed by atoms with Crippen LogP contribution in [0.2, 0.25) is 0 Å². The third-order valence-corrected chi connectivity index (χ3v) is 4.56. The summed E-state index contributed by atoms with van der Waals surface area (Å²) in [5.74, 6) is -0.180. The Morgan fingerprint density at radius 3 is 2.38 bits per heavy atom. The minimum Gasteiger partial charge on any atom is -0.466 e. The van der Waals surface area contributed by atoms with E-state index in [0.29, 0.717) is 45.5 Å². The fraction of sp³-hybridized carbons (Fsp3) is 0.611. The Labute approximate surface area is 140 Å². The maximum atomic E-state index is 12.6. The molecule has 1 heterocycles. The lowest BCUT2D eigenvalue weighted by Crippen LogP contribution is -2.38. The molecule has 0 spiro atoms. The van der Waals surface area contributed by atoms with Gasteiger partial charge < -0.3 is 9.47 Å². The van der Waals surface area contributed by atoms with Crippen LogP contribution in [0.5, 0.6) is 0 Å². The molecule has 1 saturated heterocycles. The minimum atomic E-state index is -4.31. The molecule has 0 aliphatic carbocycles. The van der Waals surface area contributed by atoms with Gasteiger partial charge in [0.2, 0.25) is 0 Å². The van der Waals surface area contributed by atoms with E-state index in [2.05, 4.69) is 0 Å². The maximum absolute atomic E-state index is 12.6. The molecule has 1 aromatic rings. The van der Waals surface area contributed by atoms with Gasteiger partial charge in [0.25, 0.3) is 0 Å². The molecule has 0 aromatic heterocycles. The van der Waals surface area contributed by atoms with Crippen LogP contribution in [0.4, 0.5) is 13.2 Å². The number of hydrogen-bond donors (Lipinski definition) is 0. The monoisotopic (exact) mass is 344 g/mol. The van der Waals surface area contributed by atoms with Gasteiger partial charge in [-0.1, -0.05) is 12.1 Å². The Morgan fingerprint density at radius 2 is 1.83 bits per heavy atom. The van der Waals surface area contributed by atoms with Crippen molar-refractivity contribution in [2.24, 2.45) is 5.41 Å². The Bertz CT molecular complexity index is 531. The Balaban J connectivity index is 1.94. The quantitative estimate of drug-likeness (QED) is 0.718. The van der Waals surface area contributed by atoms with Crippen molar-refractivity contribution < 1.29 is 27.4 Å². The van der Waals surface area contributed by atoms with Gasteiger partial charge in [0.15, 0.2) is 0 Å². The predicted octanol–water partition coefficient (Wildman–Crippen LogP) is 4.39. The molecule has 1 aromatic carbocycles. The topological polar surface area (TPSA) is 35.5 Å². The van der Waals surface area contributed by atoms with Crippen molar-refractivity contribution in [3.8, 4) is 0 Å². The lowest BCUT2D eigenvalue weighted by atomic mass is 9.76. The second-order valence-corrected chi connectivity index (χ2v) is 6.16. The third kappa shape index (κ3) is 4.72. The SMILES string of the molecule is CCOC(=O)C1(CCCc2ccc(C(F)(F)F)cc2)CCOCC1. The maximum Gasteiger partial charge on any atom is 0.416 e. The lowest BCUT2D eigenvalue weighted by molar-refractivity contribution is -0.162. The molecule has 0 N–H and O–H groups in total. The highest BCUT2D eigenvalue weighted by Crippen LogP contribution is 2.37. The van der Waals surface area contributed by atoms with Crippen LogP contribution in [0.15, 0.2) is 24.3 Å². The molecule has 0 radical (unpaired) electrons. The molecule has 0 saturated carbocycles. The number of hydrogen-bond acceptors (Lipinski definition) is 3. The molecule has 1 fully saturated rings. The van der Waals surface area contributed by atoms with Crippen molar-refractivity contribution in [1.82, 2.24) is 0 Å². The van der Waals surface area contributed by atoms with Crippen LogP contribution in [-0.2, 0) is 26.9 Å². The summed E-state index contributed by atoms with van der Waals surface area (Å²) in [6.45, 7) is 3.21. The van der Waals surface area contributed by atoms with Crippen molar-refractivity contribution in [3.63, 3.8) is 0 Å². The van der Waals surface area contributed by atoms with Gasteiger partial charge in [0, 0.05) is 13.2 Å². The van der Waals surface area contributed by atoms with E-state index in [1.807, 2.05) is 0 Å². The second kappa shape index (κ2) is 8.01. The lowest BCUT2D eigenvalue weighted by Gasteiger charge is -2.34. The van der Waals surface area contributed by atoms with Crippen molar-refractivity contribution in [2.75, 3.05) is 19.8 Å². The smallest absolute Gasteiger partial charge is 0.416 e. The highest BCUT2D eigenvalue weighted by atomic mass is 19.4. The van der Waals surface area contributed by atoms with Crippen LogP contribution in [0.25, 0.3) is 0 Å². The molecule has 2 rings (SSSR count). The average molecular weight is 344 g/mol. The number of rotatable bonds is 6. The first-order valence-corrected chi connectivity index (χ1v) is 8.28. The Morgan fingerprint density at radius 1 is 1.21 bits per heavy atom. The fourth-order valence-electron chi connectivity index (χ4n) is 3.09. The molecule has 0 amide bonds. The average Bonchev–Trinajstić information content (AvgIpc) is 2.55. The van der Waals surface area contributed by atoms with Crippen LogP contribution in [-0.4, -0.2) is 25.8 Å². The third-order valence-electron chi connectivity index (χ3n) is 4.56. The molecule has 134 valence electrons. The molecule has 1 aliphatic rings. The summed E-state index contributed by atoms with van der Waals surface area (Å²) in [4.78, 5) is 12.3. The van der Waals surface area contributed by atoms with Crippen LogP contribution >= 0.6 is 0 Å². The van der Waals surface area contributed by atoms with Gasteiger partial charge in [-0.15, -0.1) is 0 Å². The molecule has 1 aliphatic heterocycles. The Hall–Kier alpha value is -1.56. The molecule has 0 bridgehead atoms. The molecule has 0 atom stereocenters. The highest BCUT2D eigenvalue weighted by Gasteiger charge is 2.40. The van der Waals surface area contributed by atoms with E-state index in [9.17, 15) is 18.0 Å². The number of aryl methyl sites for hydroxylation is 1. The van der Waals surface area contributed by atoms with Crippen LogP contribution in [0.3, 0.4) is 0 Å². The largest absolute Gasteiger partial charge is 0.466 e. The standard InChI is InChI=1S/C18H23F3O3/c1-2-24-16(22)17(10-12-23-13-11-17)9-3-4-14-5-7-15(8-6-14)18(19,20)21/h5-8H,2-4,9-13H2,1H3. The minimum absolute atomic E-state index is 0.180. The highest BCUT2D eigenvalue weighted by molar-refractivity contribution is 5.77. The first-order chi connectivity index (χ1) is 11.4. The molecule has 0 unspecified atom stereocenters. The predicted molar refractivity (Wildman–Crippen MR) is 83.5 cm³/mol. The summed E-state index contributed by atoms with van der Waals surface area (Å²) in [5, 5.41) is 0. The summed E-state index contributed by atoms with van der Waals surface area (Å²) in [5.41, 5.74) is -0.312. The van der Waals surface area contributed by atoms with Crippen molar-refractivity contribution in [1.29, 1.82) is 0 Å². The number of carbonyl (C=O) groups excluding carboxylic acids is 1. The summed E-state index contributed by atoms with van der Waals surface area (Å²) in [7, 11) is 0. The van der Waals surface area contributed by atoms with Gasteiger partial charge >= 0.3 is 12.1 Å². The number of benzene rings is 1.